The second-order valence-corrected chi connectivity index (χ2v) is 10.3. The second kappa shape index (κ2) is 12.7. The van der Waals surface area contributed by atoms with Crippen LogP contribution in [0.2, 0.25) is 0 Å². The molecule has 0 radical (unpaired) electrons. The Morgan fingerprint density at radius 2 is 0.762 bits per heavy atom. The SMILES string of the molecule is OCCc1ccc2cc(Oc3ccc(/C=C/c4ccc(Oc5ccc6cc(CCO)ccc6c5)cc4)cc3)ccc2c1. The molecule has 0 saturated heterocycles. The molecule has 0 aromatic heterocycles. The minimum atomic E-state index is 0.154. The van der Waals surface area contributed by atoms with Crippen LogP contribution in [-0.4, -0.2) is 23.4 Å². The van der Waals surface area contributed by atoms with Crippen LogP contribution in [0, 0.1) is 0 Å². The van der Waals surface area contributed by atoms with E-state index in [1.165, 1.54) is 0 Å². The summed E-state index contributed by atoms with van der Waals surface area (Å²) in [5.41, 5.74) is 4.41. The summed E-state index contributed by atoms with van der Waals surface area (Å²) in [4.78, 5) is 0. The third kappa shape index (κ3) is 6.69. The van der Waals surface area contributed by atoms with Gasteiger partial charge in [-0.2, -0.15) is 0 Å². The summed E-state index contributed by atoms with van der Waals surface area (Å²) in [6.07, 6.45) is 5.48. The normalized spacial score (nSPS) is 11.4. The van der Waals surface area contributed by atoms with Crippen LogP contribution in [0.3, 0.4) is 0 Å². The largest absolute Gasteiger partial charge is 0.457 e. The summed E-state index contributed by atoms with van der Waals surface area (Å²) in [6, 6.07) is 40.6. The highest BCUT2D eigenvalue weighted by molar-refractivity contribution is 5.85. The van der Waals surface area contributed by atoms with E-state index in [0.717, 1.165) is 66.8 Å². The zero-order chi connectivity index (χ0) is 28.7. The molecule has 4 heteroatoms. The molecule has 0 amide bonds. The van der Waals surface area contributed by atoms with Crippen molar-refractivity contribution in [3.05, 3.63) is 144 Å². The van der Waals surface area contributed by atoms with Crippen LogP contribution >= 0.6 is 0 Å². The molecule has 0 heterocycles. The van der Waals surface area contributed by atoms with E-state index in [1.54, 1.807) is 0 Å². The first-order chi connectivity index (χ1) is 20.6. The lowest BCUT2D eigenvalue weighted by atomic mass is 10.1. The Labute approximate surface area is 245 Å². The topological polar surface area (TPSA) is 58.9 Å². The smallest absolute Gasteiger partial charge is 0.128 e. The predicted octanol–water partition coefficient (Wildman–Crippen LogP) is 8.82. The van der Waals surface area contributed by atoms with E-state index < -0.39 is 0 Å². The van der Waals surface area contributed by atoms with Crippen LogP contribution < -0.4 is 9.47 Å². The van der Waals surface area contributed by atoms with Crippen molar-refractivity contribution >= 4 is 33.7 Å². The van der Waals surface area contributed by atoms with Gasteiger partial charge in [0.25, 0.3) is 0 Å². The molecule has 0 saturated carbocycles. The number of hydrogen-bond acceptors (Lipinski definition) is 4. The van der Waals surface area contributed by atoms with Crippen LogP contribution in [0.4, 0.5) is 0 Å². The molecular formula is C38H32O4. The minimum Gasteiger partial charge on any atom is -0.457 e. The lowest BCUT2D eigenvalue weighted by Gasteiger charge is -2.09. The van der Waals surface area contributed by atoms with E-state index in [9.17, 15) is 10.2 Å². The molecule has 0 unspecified atom stereocenters. The number of aliphatic hydroxyl groups is 2. The molecule has 6 aromatic carbocycles. The molecule has 0 bridgehead atoms. The van der Waals surface area contributed by atoms with Crippen molar-refractivity contribution in [2.45, 2.75) is 12.8 Å². The summed E-state index contributed by atoms with van der Waals surface area (Å²) < 4.78 is 12.2. The average Bonchev–Trinajstić information content (AvgIpc) is 3.02. The van der Waals surface area contributed by atoms with Crippen LogP contribution in [0.15, 0.2) is 121 Å². The van der Waals surface area contributed by atoms with Crippen molar-refractivity contribution in [1.82, 2.24) is 0 Å². The van der Waals surface area contributed by atoms with Gasteiger partial charge < -0.3 is 19.7 Å². The third-order valence-corrected chi connectivity index (χ3v) is 7.25. The Balaban J connectivity index is 1.06. The maximum Gasteiger partial charge on any atom is 0.128 e. The van der Waals surface area contributed by atoms with E-state index >= 15 is 0 Å². The molecule has 4 nitrogen and oxygen atoms in total. The number of ether oxygens (including phenoxy) is 2. The number of aliphatic hydroxyl groups excluding tert-OH is 2. The van der Waals surface area contributed by atoms with Gasteiger partial charge in [0, 0.05) is 13.2 Å². The standard InChI is InChI=1S/C38H32O4/c39-21-19-29-3-9-33-25-37(17-11-31(33)23-29)41-35-13-5-27(6-14-35)1-2-28-7-15-36(16-8-28)42-38-18-12-32-24-30(20-22-40)4-10-34(32)26-38/h1-18,23-26,39-40H,19-22H2/b2-1+. The second-order valence-electron chi connectivity index (χ2n) is 10.3. The number of benzene rings is 6. The fourth-order valence-electron chi connectivity index (χ4n) is 5.00. The molecule has 0 spiro atoms. The zero-order valence-electron chi connectivity index (χ0n) is 23.2. The highest BCUT2D eigenvalue weighted by Crippen LogP contribution is 2.29. The lowest BCUT2D eigenvalue weighted by molar-refractivity contribution is 0.299. The molecule has 0 fully saturated rings. The van der Waals surface area contributed by atoms with Gasteiger partial charge in [0.2, 0.25) is 0 Å². The van der Waals surface area contributed by atoms with Crippen molar-refractivity contribution in [3.63, 3.8) is 0 Å². The average molecular weight is 553 g/mol. The van der Waals surface area contributed by atoms with Crippen LogP contribution in [0.1, 0.15) is 22.3 Å². The van der Waals surface area contributed by atoms with Gasteiger partial charge in [-0.25, -0.2) is 0 Å². The van der Waals surface area contributed by atoms with Gasteiger partial charge in [-0.05, 0) is 105 Å². The van der Waals surface area contributed by atoms with Gasteiger partial charge in [-0.1, -0.05) is 84.9 Å². The Morgan fingerprint density at radius 1 is 0.405 bits per heavy atom. The fraction of sp³-hybridized carbons (Fsp3) is 0.105. The fourth-order valence-corrected chi connectivity index (χ4v) is 5.00. The third-order valence-electron chi connectivity index (χ3n) is 7.25. The maximum absolute atomic E-state index is 9.17. The van der Waals surface area contributed by atoms with Gasteiger partial charge in [0.15, 0.2) is 0 Å². The Morgan fingerprint density at radius 3 is 1.17 bits per heavy atom. The lowest BCUT2D eigenvalue weighted by Crippen LogP contribution is -1.90. The minimum absolute atomic E-state index is 0.154. The van der Waals surface area contributed by atoms with Crippen molar-refractivity contribution < 1.29 is 19.7 Å². The summed E-state index contributed by atoms with van der Waals surface area (Å²) in [5, 5.41) is 22.8. The molecule has 42 heavy (non-hydrogen) atoms. The van der Waals surface area contributed by atoms with E-state index in [2.05, 4.69) is 48.6 Å². The van der Waals surface area contributed by atoms with E-state index in [0.29, 0.717) is 12.8 Å². The highest BCUT2D eigenvalue weighted by Gasteiger charge is 2.04. The van der Waals surface area contributed by atoms with E-state index in [4.69, 9.17) is 9.47 Å². The summed E-state index contributed by atoms with van der Waals surface area (Å²) >= 11 is 0. The van der Waals surface area contributed by atoms with Crippen molar-refractivity contribution in [3.8, 4) is 23.0 Å². The summed E-state index contributed by atoms with van der Waals surface area (Å²) in [7, 11) is 0. The van der Waals surface area contributed by atoms with Gasteiger partial charge in [-0.3, -0.25) is 0 Å². The zero-order valence-corrected chi connectivity index (χ0v) is 23.2. The van der Waals surface area contributed by atoms with Crippen LogP contribution in [-0.2, 0) is 12.8 Å². The van der Waals surface area contributed by atoms with Gasteiger partial charge in [0.1, 0.15) is 23.0 Å². The van der Waals surface area contributed by atoms with Crippen LogP contribution in [0.25, 0.3) is 33.7 Å². The Hall–Kier alpha value is -4.90. The number of hydrogen-bond donors (Lipinski definition) is 2. The van der Waals surface area contributed by atoms with E-state index in [1.807, 2.05) is 84.9 Å². The van der Waals surface area contributed by atoms with Crippen molar-refractivity contribution in [2.24, 2.45) is 0 Å². The van der Waals surface area contributed by atoms with Gasteiger partial charge in [0.05, 0.1) is 0 Å². The number of fused-ring (bicyclic) bond motifs is 2. The predicted molar refractivity (Wildman–Crippen MR) is 171 cm³/mol. The molecule has 2 N–H and O–H groups in total. The monoisotopic (exact) mass is 552 g/mol. The first-order valence-electron chi connectivity index (χ1n) is 14.2. The molecule has 6 rings (SSSR count). The van der Waals surface area contributed by atoms with Crippen LogP contribution in [0.5, 0.6) is 23.0 Å². The first-order valence-corrected chi connectivity index (χ1v) is 14.2. The van der Waals surface area contributed by atoms with Crippen molar-refractivity contribution in [2.75, 3.05) is 13.2 Å². The van der Waals surface area contributed by atoms with Crippen molar-refractivity contribution in [1.29, 1.82) is 0 Å². The molecule has 0 aliphatic rings. The molecule has 0 aliphatic carbocycles. The summed E-state index contributed by atoms with van der Waals surface area (Å²) in [6.45, 7) is 0.307. The summed E-state index contributed by atoms with van der Waals surface area (Å²) in [5.74, 6) is 3.14. The number of rotatable bonds is 10. The highest BCUT2D eigenvalue weighted by atomic mass is 16.5. The Kier molecular flexibility index (Phi) is 8.27. The quantitative estimate of drug-likeness (QED) is 0.167. The Bertz CT molecular complexity index is 1700. The van der Waals surface area contributed by atoms with Gasteiger partial charge in [-0.15, -0.1) is 0 Å². The molecule has 6 aromatic rings. The first kappa shape index (κ1) is 27.3. The van der Waals surface area contributed by atoms with E-state index in [-0.39, 0.29) is 13.2 Å². The van der Waals surface area contributed by atoms with Gasteiger partial charge >= 0.3 is 0 Å². The molecule has 0 aliphatic heterocycles. The molecule has 0 atom stereocenters. The molecule has 208 valence electrons. The molecular weight excluding hydrogens is 520 g/mol. The maximum atomic E-state index is 9.17.